The molecule has 0 aromatic carbocycles. The molecular weight excluding hydrogens is 254 g/mol. The Balaban J connectivity index is 1.64. The Hall–Kier alpha value is -1.95. The van der Waals surface area contributed by atoms with Crippen LogP contribution in [0.4, 0.5) is 5.95 Å². The highest BCUT2D eigenvalue weighted by molar-refractivity contribution is 5.31. The molecule has 1 aliphatic heterocycles. The fourth-order valence-corrected chi connectivity index (χ4v) is 2.59. The van der Waals surface area contributed by atoms with Gasteiger partial charge in [0.15, 0.2) is 0 Å². The number of nitrogens with zero attached hydrogens (tertiary/aromatic N) is 5. The maximum atomic E-state index is 10.6. The van der Waals surface area contributed by atoms with E-state index in [0.29, 0.717) is 19.4 Å². The summed E-state index contributed by atoms with van der Waals surface area (Å²) in [6.07, 6.45) is 8.57. The number of piperidine rings is 1. The Kier molecular flexibility index (Phi) is 3.40. The van der Waals surface area contributed by atoms with Crippen molar-refractivity contribution in [1.82, 2.24) is 19.5 Å². The molecule has 0 saturated carbocycles. The first kappa shape index (κ1) is 13.1. The molecule has 1 fully saturated rings. The van der Waals surface area contributed by atoms with Crippen LogP contribution in [0.1, 0.15) is 18.5 Å². The van der Waals surface area contributed by atoms with Crippen LogP contribution in [0.15, 0.2) is 31.0 Å². The van der Waals surface area contributed by atoms with E-state index >= 15 is 0 Å². The van der Waals surface area contributed by atoms with Crippen LogP contribution in [-0.4, -0.2) is 43.3 Å². The molecule has 20 heavy (non-hydrogen) atoms. The van der Waals surface area contributed by atoms with Gasteiger partial charge < -0.3 is 14.6 Å². The molecule has 3 rings (SSSR count). The summed E-state index contributed by atoms with van der Waals surface area (Å²) in [5.74, 6) is 0.759. The van der Waals surface area contributed by atoms with Crippen molar-refractivity contribution in [3.63, 3.8) is 0 Å². The van der Waals surface area contributed by atoms with Gasteiger partial charge in [-0.05, 0) is 25.8 Å². The predicted octanol–water partition coefficient (Wildman–Crippen LogP) is 1.01. The Morgan fingerprint density at radius 3 is 2.75 bits per heavy atom. The minimum absolute atomic E-state index is 0.593. The van der Waals surface area contributed by atoms with Gasteiger partial charge in [0.1, 0.15) is 0 Å². The molecule has 1 aliphatic rings. The van der Waals surface area contributed by atoms with Crippen LogP contribution in [-0.2, 0) is 6.54 Å². The maximum Gasteiger partial charge on any atom is 0.225 e. The number of aromatic nitrogens is 4. The van der Waals surface area contributed by atoms with Gasteiger partial charge in [0.2, 0.25) is 5.95 Å². The highest BCUT2D eigenvalue weighted by Crippen LogP contribution is 2.26. The summed E-state index contributed by atoms with van der Waals surface area (Å²) < 4.78 is 1.93. The molecule has 3 heterocycles. The Labute approximate surface area is 118 Å². The van der Waals surface area contributed by atoms with Gasteiger partial charge in [-0.15, -0.1) is 0 Å². The summed E-state index contributed by atoms with van der Waals surface area (Å²) in [6, 6.07) is 1.89. The largest absolute Gasteiger partial charge is 0.388 e. The molecule has 0 bridgehead atoms. The van der Waals surface area contributed by atoms with Crippen LogP contribution in [0.3, 0.4) is 0 Å². The number of hydrogen-bond acceptors (Lipinski definition) is 5. The molecule has 0 atom stereocenters. The second kappa shape index (κ2) is 5.20. The summed E-state index contributed by atoms with van der Waals surface area (Å²) in [5, 5.41) is 10.6. The third kappa shape index (κ3) is 2.80. The summed E-state index contributed by atoms with van der Waals surface area (Å²) in [4.78, 5) is 14.9. The third-order valence-electron chi connectivity index (χ3n) is 3.80. The maximum absolute atomic E-state index is 10.6. The van der Waals surface area contributed by atoms with Gasteiger partial charge in [0, 0.05) is 37.4 Å². The number of imidazole rings is 1. The summed E-state index contributed by atoms with van der Waals surface area (Å²) >= 11 is 0. The van der Waals surface area contributed by atoms with Crippen molar-refractivity contribution in [2.75, 3.05) is 18.0 Å². The van der Waals surface area contributed by atoms with Gasteiger partial charge in [0.05, 0.1) is 18.5 Å². The molecule has 1 N–H and O–H groups in total. The lowest BCUT2D eigenvalue weighted by Gasteiger charge is -2.38. The van der Waals surface area contributed by atoms with Crippen molar-refractivity contribution in [3.05, 3.63) is 36.7 Å². The topological polar surface area (TPSA) is 67.1 Å². The quantitative estimate of drug-likeness (QED) is 0.904. The molecule has 106 valence electrons. The van der Waals surface area contributed by atoms with Crippen LogP contribution in [0, 0.1) is 6.92 Å². The Bertz CT molecular complexity index is 561. The minimum atomic E-state index is -0.666. The molecular formula is C14H19N5O. The lowest BCUT2D eigenvalue weighted by atomic mass is 9.91. The highest BCUT2D eigenvalue weighted by Gasteiger charge is 2.33. The standard InChI is InChI=1S/C14H19N5O/c1-12-2-5-16-13(17-12)19-7-3-14(20,4-8-19)10-18-9-6-15-11-18/h2,5-6,9,11,20H,3-4,7-8,10H2,1H3. The van der Waals surface area contributed by atoms with Crippen LogP contribution < -0.4 is 4.90 Å². The first-order valence-electron chi connectivity index (χ1n) is 6.87. The lowest BCUT2D eigenvalue weighted by Crippen LogP contribution is -2.47. The first-order chi connectivity index (χ1) is 9.65. The third-order valence-corrected chi connectivity index (χ3v) is 3.80. The zero-order valence-corrected chi connectivity index (χ0v) is 11.6. The molecule has 2 aromatic heterocycles. The van der Waals surface area contributed by atoms with Crippen LogP contribution in [0.5, 0.6) is 0 Å². The molecule has 1 saturated heterocycles. The van der Waals surface area contributed by atoms with E-state index in [1.807, 2.05) is 23.8 Å². The summed E-state index contributed by atoms with van der Waals surface area (Å²) in [6.45, 7) is 4.10. The Morgan fingerprint density at radius 1 is 1.30 bits per heavy atom. The molecule has 0 spiro atoms. The van der Waals surface area contributed by atoms with E-state index < -0.39 is 5.60 Å². The van der Waals surface area contributed by atoms with Crippen molar-refractivity contribution in [2.24, 2.45) is 0 Å². The monoisotopic (exact) mass is 273 g/mol. The van der Waals surface area contributed by atoms with E-state index in [9.17, 15) is 5.11 Å². The van der Waals surface area contributed by atoms with E-state index in [1.54, 1.807) is 18.7 Å². The van der Waals surface area contributed by atoms with Gasteiger partial charge in [-0.25, -0.2) is 15.0 Å². The van der Waals surface area contributed by atoms with Crippen molar-refractivity contribution < 1.29 is 5.11 Å². The zero-order chi connectivity index (χ0) is 14.0. The lowest BCUT2D eigenvalue weighted by molar-refractivity contribution is -0.000295. The molecule has 6 heteroatoms. The van der Waals surface area contributed by atoms with Gasteiger partial charge in [0.25, 0.3) is 0 Å². The van der Waals surface area contributed by atoms with E-state index in [4.69, 9.17) is 0 Å². The number of rotatable bonds is 3. The predicted molar refractivity (Wildman–Crippen MR) is 75.4 cm³/mol. The summed E-state index contributed by atoms with van der Waals surface area (Å²) in [7, 11) is 0. The zero-order valence-electron chi connectivity index (χ0n) is 11.6. The minimum Gasteiger partial charge on any atom is -0.388 e. The van der Waals surface area contributed by atoms with Gasteiger partial charge in [-0.1, -0.05) is 0 Å². The number of anilines is 1. The fourth-order valence-electron chi connectivity index (χ4n) is 2.59. The average Bonchev–Trinajstić information content (AvgIpc) is 2.92. The van der Waals surface area contributed by atoms with Crippen LogP contribution in [0.2, 0.25) is 0 Å². The molecule has 6 nitrogen and oxygen atoms in total. The van der Waals surface area contributed by atoms with Crippen molar-refractivity contribution in [3.8, 4) is 0 Å². The van der Waals surface area contributed by atoms with Gasteiger partial charge in [-0.2, -0.15) is 0 Å². The van der Waals surface area contributed by atoms with E-state index in [1.165, 1.54) is 0 Å². The fraction of sp³-hybridized carbons (Fsp3) is 0.500. The smallest absolute Gasteiger partial charge is 0.225 e. The second-order valence-electron chi connectivity index (χ2n) is 5.44. The van der Waals surface area contributed by atoms with Crippen molar-refractivity contribution >= 4 is 5.95 Å². The second-order valence-corrected chi connectivity index (χ2v) is 5.44. The number of aliphatic hydroxyl groups is 1. The molecule has 0 unspecified atom stereocenters. The van der Waals surface area contributed by atoms with Crippen LogP contribution >= 0.6 is 0 Å². The molecule has 0 radical (unpaired) electrons. The Morgan fingerprint density at radius 2 is 2.10 bits per heavy atom. The summed E-state index contributed by atoms with van der Waals surface area (Å²) in [5.41, 5.74) is 0.301. The van der Waals surface area contributed by atoms with Crippen LogP contribution in [0.25, 0.3) is 0 Å². The van der Waals surface area contributed by atoms with E-state index in [2.05, 4.69) is 19.9 Å². The van der Waals surface area contributed by atoms with Crippen molar-refractivity contribution in [1.29, 1.82) is 0 Å². The van der Waals surface area contributed by atoms with E-state index in [0.717, 1.165) is 24.7 Å². The molecule has 0 aliphatic carbocycles. The van der Waals surface area contributed by atoms with E-state index in [-0.39, 0.29) is 0 Å². The average molecular weight is 273 g/mol. The normalized spacial score (nSPS) is 18.2. The SMILES string of the molecule is Cc1ccnc(N2CCC(O)(Cn3ccnc3)CC2)n1. The highest BCUT2D eigenvalue weighted by atomic mass is 16.3. The first-order valence-corrected chi connectivity index (χ1v) is 6.87. The van der Waals surface area contributed by atoms with Gasteiger partial charge >= 0.3 is 0 Å². The van der Waals surface area contributed by atoms with Crippen molar-refractivity contribution in [2.45, 2.75) is 31.9 Å². The number of hydrogen-bond donors (Lipinski definition) is 1. The number of aryl methyl sites for hydroxylation is 1. The molecule has 2 aromatic rings. The van der Waals surface area contributed by atoms with Gasteiger partial charge in [-0.3, -0.25) is 0 Å². The molecule has 0 amide bonds.